The highest BCUT2D eigenvalue weighted by Gasteiger charge is 2.34. The van der Waals surface area contributed by atoms with E-state index in [2.05, 4.69) is 44.8 Å². The van der Waals surface area contributed by atoms with Crippen molar-refractivity contribution < 1.29 is 4.74 Å². The SMILES string of the molecule is CCNC1CC(C)CC(C)C1CN(CCOC)C(C)C. The molecule has 0 radical (unpaired) electrons. The molecule has 1 fully saturated rings. The summed E-state index contributed by atoms with van der Waals surface area (Å²) < 4.78 is 5.27. The lowest BCUT2D eigenvalue weighted by Crippen LogP contribution is -2.50. The molecule has 0 aromatic heterocycles. The summed E-state index contributed by atoms with van der Waals surface area (Å²) in [6, 6.07) is 1.28. The van der Waals surface area contributed by atoms with Gasteiger partial charge in [-0.1, -0.05) is 20.8 Å². The lowest BCUT2D eigenvalue weighted by molar-refractivity contribution is 0.0681. The zero-order chi connectivity index (χ0) is 15.1. The number of methoxy groups -OCH3 is 1. The molecule has 1 saturated carbocycles. The maximum Gasteiger partial charge on any atom is 0.0589 e. The van der Waals surface area contributed by atoms with E-state index in [1.54, 1.807) is 7.11 Å². The zero-order valence-corrected chi connectivity index (χ0v) is 14.5. The van der Waals surface area contributed by atoms with Crippen LogP contribution in [0.15, 0.2) is 0 Å². The van der Waals surface area contributed by atoms with Crippen LogP contribution in [-0.2, 0) is 4.74 Å². The fraction of sp³-hybridized carbons (Fsp3) is 1.00. The van der Waals surface area contributed by atoms with Crippen LogP contribution in [0.1, 0.15) is 47.5 Å². The Morgan fingerprint density at radius 3 is 2.50 bits per heavy atom. The number of hydrogen-bond acceptors (Lipinski definition) is 3. The summed E-state index contributed by atoms with van der Waals surface area (Å²) in [6.45, 7) is 15.8. The monoisotopic (exact) mass is 284 g/mol. The van der Waals surface area contributed by atoms with E-state index in [1.165, 1.54) is 19.4 Å². The van der Waals surface area contributed by atoms with Gasteiger partial charge in [-0.15, -0.1) is 0 Å². The van der Waals surface area contributed by atoms with Crippen molar-refractivity contribution in [1.29, 1.82) is 0 Å². The minimum absolute atomic E-state index is 0.596. The minimum atomic E-state index is 0.596. The molecule has 1 rings (SSSR count). The average Bonchev–Trinajstić information content (AvgIpc) is 2.36. The van der Waals surface area contributed by atoms with Crippen molar-refractivity contribution in [3.63, 3.8) is 0 Å². The lowest BCUT2D eigenvalue weighted by atomic mass is 9.72. The number of nitrogens with zero attached hydrogens (tertiary/aromatic N) is 1. The van der Waals surface area contributed by atoms with E-state index < -0.39 is 0 Å². The number of rotatable bonds is 8. The molecule has 0 spiro atoms. The molecule has 0 amide bonds. The maximum atomic E-state index is 5.27. The predicted molar refractivity (Wildman–Crippen MR) is 87.1 cm³/mol. The first kappa shape index (κ1) is 17.9. The summed E-state index contributed by atoms with van der Waals surface area (Å²) in [4.78, 5) is 2.59. The van der Waals surface area contributed by atoms with Gasteiger partial charge in [0.1, 0.15) is 0 Å². The molecule has 1 aliphatic carbocycles. The van der Waals surface area contributed by atoms with Gasteiger partial charge in [0.2, 0.25) is 0 Å². The van der Waals surface area contributed by atoms with Gasteiger partial charge in [0.15, 0.2) is 0 Å². The average molecular weight is 284 g/mol. The topological polar surface area (TPSA) is 24.5 Å². The Labute approximate surface area is 126 Å². The quantitative estimate of drug-likeness (QED) is 0.741. The van der Waals surface area contributed by atoms with Gasteiger partial charge >= 0.3 is 0 Å². The molecule has 1 aliphatic rings. The second kappa shape index (κ2) is 9.01. The van der Waals surface area contributed by atoms with Crippen molar-refractivity contribution in [2.75, 3.05) is 33.4 Å². The van der Waals surface area contributed by atoms with Crippen molar-refractivity contribution in [1.82, 2.24) is 10.2 Å². The first-order valence-electron chi connectivity index (χ1n) is 8.45. The highest BCUT2D eigenvalue weighted by atomic mass is 16.5. The van der Waals surface area contributed by atoms with Crippen LogP contribution in [0, 0.1) is 17.8 Å². The van der Waals surface area contributed by atoms with Crippen LogP contribution in [0.25, 0.3) is 0 Å². The van der Waals surface area contributed by atoms with Gasteiger partial charge in [-0.2, -0.15) is 0 Å². The molecule has 1 N–H and O–H groups in total. The third-order valence-corrected chi connectivity index (χ3v) is 4.90. The Morgan fingerprint density at radius 2 is 1.95 bits per heavy atom. The fourth-order valence-corrected chi connectivity index (χ4v) is 3.75. The fourth-order valence-electron chi connectivity index (χ4n) is 3.75. The van der Waals surface area contributed by atoms with E-state index in [1.807, 2.05) is 0 Å². The van der Waals surface area contributed by atoms with Gasteiger partial charge in [0, 0.05) is 32.3 Å². The Kier molecular flexibility index (Phi) is 8.08. The molecule has 0 heterocycles. The van der Waals surface area contributed by atoms with Gasteiger partial charge < -0.3 is 10.1 Å². The number of hydrogen-bond donors (Lipinski definition) is 1. The summed E-state index contributed by atoms with van der Waals surface area (Å²) >= 11 is 0. The van der Waals surface area contributed by atoms with E-state index in [-0.39, 0.29) is 0 Å². The van der Waals surface area contributed by atoms with Crippen LogP contribution in [-0.4, -0.2) is 50.3 Å². The molecule has 4 unspecified atom stereocenters. The summed E-state index contributed by atoms with van der Waals surface area (Å²) in [5.74, 6) is 2.44. The van der Waals surface area contributed by atoms with Crippen molar-refractivity contribution >= 4 is 0 Å². The molecule has 0 saturated heterocycles. The van der Waals surface area contributed by atoms with E-state index in [9.17, 15) is 0 Å². The molecule has 0 aliphatic heterocycles. The third-order valence-electron chi connectivity index (χ3n) is 4.90. The summed E-state index contributed by atoms with van der Waals surface area (Å²) in [5.41, 5.74) is 0. The van der Waals surface area contributed by atoms with Crippen LogP contribution in [0.5, 0.6) is 0 Å². The largest absolute Gasteiger partial charge is 0.383 e. The molecular weight excluding hydrogens is 248 g/mol. The maximum absolute atomic E-state index is 5.27. The normalized spacial score (nSPS) is 31.2. The van der Waals surface area contributed by atoms with Crippen molar-refractivity contribution in [3.8, 4) is 0 Å². The summed E-state index contributed by atoms with van der Waals surface area (Å²) in [6.07, 6.45) is 2.71. The van der Waals surface area contributed by atoms with Crippen LogP contribution < -0.4 is 5.32 Å². The minimum Gasteiger partial charge on any atom is -0.383 e. The highest BCUT2D eigenvalue weighted by molar-refractivity contribution is 4.89. The standard InChI is InChI=1S/C17H36N2O/c1-7-18-17-11-14(4)10-15(5)16(17)12-19(13(2)3)8-9-20-6/h13-18H,7-12H2,1-6H3. The molecule has 20 heavy (non-hydrogen) atoms. The Balaban J connectivity index is 2.67. The Hall–Kier alpha value is -0.120. The predicted octanol–water partition coefficient (Wildman–Crippen LogP) is 3.00. The first-order chi connectivity index (χ1) is 9.49. The van der Waals surface area contributed by atoms with Crippen molar-refractivity contribution in [2.24, 2.45) is 17.8 Å². The van der Waals surface area contributed by atoms with Gasteiger partial charge in [0.25, 0.3) is 0 Å². The van der Waals surface area contributed by atoms with Crippen LogP contribution in [0.4, 0.5) is 0 Å². The Morgan fingerprint density at radius 1 is 1.25 bits per heavy atom. The van der Waals surface area contributed by atoms with E-state index in [4.69, 9.17) is 4.74 Å². The van der Waals surface area contributed by atoms with Crippen molar-refractivity contribution in [3.05, 3.63) is 0 Å². The Bertz CT molecular complexity index is 257. The van der Waals surface area contributed by atoms with Gasteiger partial charge in [-0.25, -0.2) is 0 Å². The molecule has 0 aromatic rings. The van der Waals surface area contributed by atoms with Gasteiger partial charge in [-0.3, -0.25) is 4.90 Å². The molecule has 3 heteroatoms. The van der Waals surface area contributed by atoms with E-state index in [0.717, 1.165) is 37.5 Å². The zero-order valence-electron chi connectivity index (χ0n) is 14.5. The second-order valence-electron chi connectivity index (χ2n) is 6.96. The molecule has 0 bridgehead atoms. The van der Waals surface area contributed by atoms with Crippen LogP contribution >= 0.6 is 0 Å². The van der Waals surface area contributed by atoms with Gasteiger partial charge in [-0.05, 0) is 51.0 Å². The van der Waals surface area contributed by atoms with Crippen molar-refractivity contribution in [2.45, 2.75) is 59.5 Å². The smallest absolute Gasteiger partial charge is 0.0589 e. The molecule has 4 atom stereocenters. The van der Waals surface area contributed by atoms with E-state index >= 15 is 0 Å². The molecule has 120 valence electrons. The highest BCUT2D eigenvalue weighted by Crippen LogP contribution is 2.34. The summed E-state index contributed by atoms with van der Waals surface area (Å²) in [5, 5.41) is 3.74. The lowest BCUT2D eigenvalue weighted by Gasteiger charge is -2.43. The molecule has 0 aromatic carbocycles. The van der Waals surface area contributed by atoms with E-state index in [0.29, 0.717) is 12.1 Å². The summed E-state index contributed by atoms with van der Waals surface area (Å²) in [7, 11) is 1.80. The molecular formula is C17H36N2O. The third kappa shape index (κ3) is 5.34. The number of nitrogens with one attached hydrogen (secondary N) is 1. The second-order valence-corrected chi connectivity index (χ2v) is 6.96. The van der Waals surface area contributed by atoms with Crippen LogP contribution in [0.2, 0.25) is 0 Å². The first-order valence-corrected chi connectivity index (χ1v) is 8.45. The van der Waals surface area contributed by atoms with Crippen LogP contribution in [0.3, 0.4) is 0 Å². The number of ether oxygens (including phenoxy) is 1. The van der Waals surface area contributed by atoms with Gasteiger partial charge in [0.05, 0.1) is 6.61 Å². The molecule has 3 nitrogen and oxygen atoms in total.